The van der Waals surface area contributed by atoms with Crippen molar-refractivity contribution in [3.05, 3.63) is 71.5 Å². The van der Waals surface area contributed by atoms with Gasteiger partial charge in [0.25, 0.3) is 5.88 Å². The highest BCUT2D eigenvalue weighted by Gasteiger charge is 2.19. The summed E-state index contributed by atoms with van der Waals surface area (Å²) in [6.07, 6.45) is 7.80. The number of likely N-dealkylation sites (tertiary alicyclic amines) is 1. The number of imidazole rings is 1. The molecule has 1 aliphatic rings. The summed E-state index contributed by atoms with van der Waals surface area (Å²) in [5, 5.41) is 18.5. The van der Waals surface area contributed by atoms with Gasteiger partial charge in [-0.05, 0) is 63.7 Å². The van der Waals surface area contributed by atoms with E-state index in [0.717, 1.165) is 22.4 Å². The minimum atomic E-state index is 0.403. The van der Waals surface area contributed by atoms with Gasteiger partial charge in [0, 0.05) is 23.5 Å². The van der Waals surface area contributed by atoms with Crippen LogP contribution in [0.3, 0.4) is 0 Å². The predicted molar refractivity (Wildman–Crippen MR) is 136 cm³/mol. The number of benzene rings is 2. The van der Waals surface area contributed by atoms with E-state index in [1.54, 1.807) is 25.4 Å². The molecule has 0 spiro atoms. The lowest BCUT2D eigenvalue weighted by Crippen LogP contribution is -2.24. The summed E-state index contributed by atoms with van der Waals surface area (Å²) in [7, 11) is 3.75. The molecule has 0 atom stereocenters. The quantitative estimate of drug-likeness (QED) is 0.413. The van der Waals surface area contributed by atoms with Crippen LogP contribution in [0.2, 0.25) is 0 Å². The Labute approximate surface area is 205 Å². The number of nitrogens with zero attached hydrogens (tertiary/aromatic N) is 6. The summed E-state index contributed by atoms with van der Waals surface area (Å²) in [5.74, 6) is 0.403. The molecule has 5 rings (SSSR count). The van der Waals surface area contributed by atoms with Gasteiger partial charge in [-0.15, -0.1) is 0 Å². The van der Waals surface area contributed by atoms with Crippen LogP contribution in [-0.2, 0) is 0 Å². The van der Waals surface area contributed by atoms with E-state index in [-0.39, 0.29) is 0 Å². The average molecular weight is 465 g/mol. The molecule has 1 fully saturated rings. The van der Waals surface area contributed by atoms with Crippen LogP contribution in [-0.4, -0.2) is 46.5 Å². The molecule has 1 aliphatic heterocycles. The van der Waals surface area contributed by atoms with Crippen LogP contribution in [0.15, 0.2) is 54.9 Å². The number of hydrogen-bond donors (Lipinski definition) is 0. The van der Waals surface area contributed by atoms with E-state index in [4.69, 9.17) is 15.0 Å². The Morgan fingerprint density at radius 1 is 0.943 bits per heavy atom. The van der Waals surface area contributed by atoms with Gasteiger partial charge in [-0.3, -0.25) is 4.40 Å². The topological polar surface area (TPSA) is 90.2 Å². The van der Waals surface area contributed by atoms with E-state index in [0.29, 0.717) is 28.3 Å². The van der Waals surface area contributed by atoms with Crippen LogP contribution in [0.1, 0.15) is 36.0 Å². The summed E-state index contributed by atoms with van der Waals surface area (Å²) >= 11 is 0. The van der Waals surface area contributed by atoms with Crippen LogP contribution < -0.4 is 4.74 Å². The number of hydrogen-bond acceptors (Lipinski definition) is 6. The highest BCUT2D eigenvalue weighted by Crippen LogP contribution is 2.35. The summed E-state index contributed by atoms with van der Waals surface area (Å²) in [4.78, 5) is 11.5. The van der Waals surface area contributed by atoms with Crippen molar-refractivity contribution in [2.75, 3.05) is 27.2 Å². The van der Waals surface area contributed by atoms with Gasteiger partial charge in [0.15, 0.2) is 0 Å². The number of rotatable bonds is 3. The molecule has 7 nitrogen and oxygen atoms in total. The summed E-state index contributed by atoms with van der Waals surface area (Å²) in [6, 6.07) is 17.3. The zero-order chi connectivity index (χ0) is 24.8. The minimum Gasteiger partial charge on any atom is -0.478 e. The summed E-state index contributed by atoms with van der Waals surface area (Å²) in [6.45, 7) is 4.54. The standard InChI is InChI=1S/C22H15N5O.C6H13N/c1-14-3-6-17(11-18(14)13-24)20-19(16-7-4-15(12-23)5-8-16)26-22(28-2)21-25-9-10-27(20)21;1-7-5-3-2-4-6-7/h3-11H,1-2H3;2-6H2,1H3. The zero-order valence-electron chi connectivity index (χ0n) is 20.3. The minimum absolute atomic E-state index is 0.403. The monoisotopic (exact) mass is 464 g/mol. The van der Waals surface area contributed by atoms with Gasteiger partial charge >= 0.3 is 0 Å². The van der Waals surface area contributed by atoms with E-state index in [2.05, 4.69) is 29.1 Å². The molecule has 0 saturated carbocycles. The van der Waals surface area contributed by atoms with Gasteiger partial charge in [0.05, 0.1) is 41.8 Å². The molecule has 2 aromatic heterocycles. The van der Waals surface area contributed by atoms with Gasteiger partial charge in [-0.1, -0.05) is 30.7 Å². The normalized spacial score (nSPS) is 13.4. The van der Waals surface area contributed by atoms with Crippen LogP contribution >= 0.6 is 0 Å². The van der Waals surface area contributed by atoms with Gasteiger partial charge in [0.2, 0.25) is 5.65 Å². The first-order valence-corrected chi connectivity index (χ1v) is 11.7. The molecule has 0 amide bonds. The highest BCUT2D eigenvalue weighted by molar-refractivity contribution is 5.82. The Hall–Kier alpha value is -4.20. The second kappa shape index (κ2) is 10.8. The smallest absolute Gasteiger partial charge is 0.258 e. The molecule has 1 saturated heterocycles. The van der Waals surface area contributed by atoms with Crippen molar-refractivity contribution in [3.8, 4) is 40.5 Å². The SMILES string of the molecule is CN1CCCCC1.COc1nc(-c2ccc(C#N)cc2)c(-c2ccc(C)c(C#N)c2)n2ccnc12. The number of aryl methyl sites for hydroxylation is 1. The molecule has 0 N–H and O–H groups in total. The largest absolute Gasteiger partial charge is 0.478 e. The van der Waals surface area contributed by atoms with E-state index >= 15 is 0 Å². The summed E-state index contributed by atoms with van der Waals surface area (Å²) in [5.41, 5.74) is 5.84. The fourth-order valence-electron chi connectivity index (χ4n) is 4.22. The zero-order valence-corrected chi connectivity index (χ0v) is 20.3. The number of ether oxygens (including phenoxy) is 1. The third kappa shape index (κ3) is 5.16. The fraction of sp³-hybridized carbons (Fsp3) is 0.286. The lowest BCUT2D eigenvalue weighted by atomic mass is 9.99. The first-order chi connectivity index (χ1) is 17.0. The average Bonchev–Trinajstić information content (AvgIpc) is 3.39. The predicted octanol–water partition coefficient (Wildman–Crippen LogP) is 5.23. The molecule has 0 bridgehead atoms. The maximum absolute atomic E-state index is 9.45. The molecule has 35 heavy (non-hydrogen) atoms. The fourth-order valence-corrected chi connectivity index (χ4v) is 4.22. The lowest BCUT2D eigenvalue weighted by Gasteiger charge is -2.20. The molecule has 176 valence electrons. The van der Waals surface area contributed by atoms with Crippen LogP contribution in [0.25, 0.3) is 28.2 Å². The third-order valence-corrected chi connectivity index (χ3v) is 6.20. The van der Waals surface area contributed by atoms with Crippen LogP contribution in [0.5, 0.6) is 5.88 Å². The number of aromatic nitrogens is 3. The first-order valence-electron chi connectivity index (χ1n) is 11.7. The Kier molecular flexibility index (Phi) is 7.40. The Morgan fingerprint density at radius 3 is 2.26 bits per heavy atom. The number of piperidine rings is 1. The molecule has 2 aromatic carbocycles. The second-order valence-corrected chi connectivity index (χ2v) is 8.63. The van der Waals surface area contributed by atoms with Crippen LogP contribution in [0, 0.1) is 29.6 Å². The van der Waals surface area contributed by atoms with Crippen molar-refractivity contribution in [1.29, 1.82) is 10.5 Å². The molecule has 0 radical (unpaired) electrons. The summed E-state index contributed by atoms with van der Waals surface area (Å²) < 4.78 is 7.36. The van der Waals surface area contributed by atoms with E-state index in [1.165, 1.54) is 32.4 Å². The molecular formula is C28H28N6O. The molecule has 0 unspecified atom stereocenters. The van der Waals surface area contributed by atoms with Crippen molar-refractivity contribution in [1.82, 2.24) is 19.3 Å². The molecule has 0 aliphatic carbocycles. The number of fused-ring (bicyclic) bond motifs is 1. The van der Waals surface area contributed by atoms with E-state index < -0.39 is 0 Å². The van der Waals surface area contributed by atoms with Crippen molar-refractivity contribution in [2.45, 2.75) is 26.2 Å². The first kappa shape index (κ1) is 23.9. The van der Waals surface area contributed by atoms with Gasteiger partial charge in [-0.25, -0.2) is 9.97 Å². The second-order valence-electron chi connectivity index (χ2n) is 8.63. The van der Waals surface area contributed by atoms with E-state index in [9.17, 15) is 5.26 Å². The van der Waals surface area contributed by atoms with Gasteiger partial charge < -0.3 is 9.64 Å². The van der Waals surface area contributed by atoms with Gasteiger partial charge in [0.1, 0.15) is 0 Å². The number of methoxy groups -OCH3 is 1. The Balaban J connectivity index is 0.000000356. The Bertz CT molecular complexity index is 1400. The van der Waals surface area contributed by atoms with Crippen molar-refractivity contribution in [3.63, 3.8) is 0 Å². The van der Waals surface area contributed by atoms with Crippen molar-refractivity contribution < 1.29 is 4.74 Å². The van der Waals surface area contributed by atoms with Crippen molar-refractivity contribution >= 4 is 5.65 Å². The van der Waals surface area contributed by atoms with Crippen LogP contribution in [0.4, 0.5) is 0 Å². The maximum atomic E-state index is 9.45. The van der Waals surface area contributed by atoms with Crippen molar-refractivity contribution in [2.24, 2.45) is 0 Å². The lowest BCUT2D eigenvalue weighted by molar-refractivity contribution is 0.277. The Morgan fingerprint density at radius 2 is 1.66 bits per heavy atom. The maximum Gasteiger partial charge on any atom is 0.258 e. The molecule has 7 heteroatoms. The molecule has 4 aromatic rings. The molecular weight excluding hydrogens is 436 g/mol. The highest BCUT2D eigenvalue weighted by atomic mass is 16.5. The van der Waals surface area contributed by atoms with E-state index in [1.807, 2.05) is 47.9 Å². The number of nitriles is 2. The third-order valence-electron chi connectivity index (χ3n) is 6.20. The molecule has 3 heterocycles. The van der Waals surface area contributed by atoms with Gasteiger partial charge in [-0.2, -0.15) is 10.5 Å².